The normalized spacial score (nSPS) is 11.8. The first kappa shape index (κ1) is 16.0. The van der Waals surface area contributed by atoms with Gasteiger partial charge in [0.25, 0.3) is 10.0 Å². The molecule has 0 saturated heterocycles. The van der Waals surface area contributed by atoms with Crippen LogP contribution in [-0.2, 0) is 16.6 Å². The molecule has 0 amide bonds. The van der Waals surface area contributed by atoms with Gasteiger partial charge in [-0.25, -0.2) is 13.4 Å². The van der Waals surface area contributed by atoms with E-state index in [1.807, 2.05) is 20.8 Å². The standard InChI is InChI=1S/C13H19N3O3S2/c1-5-14-7-11-6-12(9(3)19-11)21(17,18)16-13-15-8(2)10(4)20-13/h6,14H,5,7H2,1-4H3,(H,15,16). The van der Waals surface area contributed by atoms with E-state index in [0.717, 1.165) is 17.1 Å². The topological polar surface area (TPSA) is 84.2 Å². The highest BCUT2D eigenvalue weighted by atomic mass is 32.2. The van der Waals surface area contributed by atoms with Gasteiger partial charge >= 0.3 is 0 Å². The number of furan rings is 1. The van der Waals surface area contributed by atoms with Gasteiger partial charge in [0.15, 0.2) is 5.13 Å². The summed E-state index contributed by atoms with van der Waals surface area (Å²) in [5.41, 5.74) is 0.828. The first-order chi connectivity index (χ1) is 9.83. The Morgan fingerprint density at radius 1 is 1.33 bits per heavy atom. The van der Waals surface area contributed by atoms with E-state index in [0.29, 0.717) is 23.2 Å². The highest BCUT2D eigenvalue weighted by Crippen LogP contribution is 2.26. The Labute approximate surface area is 128 Å². The van der Waals surface area contributed by atoms with Crippen LogP contribution in [0, 0.1) is 20.8 Å². The monoisotopic (exact) mass is 329 g/mol. The van der Waals surface area contributed by atoms with Gasteiger partial charge in [-0.2, -0.15) is 0 Å². The maximum atomic E-state index is 12.4. The average Bonchev–Trinajstić information content (AvgIpc) is 2.90. The molecule has 0 spiro atoms. The lowest BCUT2D eigenvalue weighted by Gasteiger charge is -2.02. The fraction of sp³-hybridized carbons (Fsp3) is 0.462. The number of hydrogen-bond donors (Lipinski definition) is 2. The quantitative estimate of drug-likeness (QED) is 0.851. The van der Waals surface area contributed by atoms with Gasteiger partial charge in [0.05, 0.1) is 12.2 Å². The number of thiazole rings is 1. The zero-order valence-electron chi connectivity index (χ0n) is 12.5. The van der Waals surface area contributed by atoms with Gasteiger partial charge in [0.1, 0.15) is 16.4 Å². The van der Waals surface area contributed by atoms with Crippen molar-refractivity contribution < 1.29 is 12.8 Å². The molecule has 0 aliphatic rings. The molecule has 2 aromatic rings. The summed E-state index contributed by atoms with van der Waals surface area (Å²) < 4.78 is 32.8. The summed E-state index contributed by atoms with van der Waals surface area (Å²) in [4.78, 5) is 5.34. The summed E-state index contributed by atoms with van der Waals surface area (Å²) in [7, 11) is -3.68. The Balaban J connectivity index is 2.24. The molecule has 8 heteroatoms. The summed E-state index contributed by atoms with van der Waals surface area (Å²) in [5, 5.41) is 3.47. The van der Waals surface area contributed by atoms with Crippen molar-refractivity contribution in [3.8, 4) is 0 Å². The SMILES string of the molecule is CCNCc1cc(S(=O)(=O)Nc2nc(C)c(C)s2)c(C)o1. The third-order valence-corrected chi connectivity index (χ3v) is 5.58. The summed E-state index contributed by atoms with van der Waals surface area (Å²) in [6, 6.07) is 1.55. The van der Waals surface area contributed by atoms with Crippen LogP contribution in [0.15, 0.2) is 15.4 Å². The number of sulfonamides is 1. The van der Waals surface area contributed by atoms with Crippen LogP contribution in [0.5, 0.6) is 0 Å². The number of aryl methyl sites for hydroxylation is 3. The largest absolute Gasteiger partial charge is 0.464 e. The highest BCUT2D eigenvalue weighted by Gasteiger charge is 2.22. The second kappa shape index (κ2) is 6.17. The highest BCUT2D eigenvalue weighted by molar-refractivity contribution is 7.93. The zero-order valence-corrected chi connectivity index (χ0v) is 14.1. The smallest absolute Gasteiger partial charge is 0.267 e. The lowest BCUT2D eigenvalue weighted by molar-refractivity contribution is 0.460. The third-order valence-electron chi connectivity index (χ3n) is 3.01. The summed E-state index contributed by atoms with van der Waals surface area (Å²) in [6.45, 7) is 8.66. The maximum Gasteiger partial charge on any atom is 0.267 e. The molecule has 2 rings (SSSR count). The van der Waals surface area contributed by atoms with Gasteiger partial charge < -0.3 is 9.73 Å². The van der Waals surface area contributed by atoms with E-state index in [2.05, 4.69) is 15.0 Å². The van der Waals surface area contributed by atoms with E-state index < -0.39 is 10.0 Å². The van der Waals surface area contributed by atoms with Gasteiger partial charge in [0, 0.05) is 10.9 Å². The fourth-order valence-corrected chi connectivity index (χ4v) is 4.07. The Kier molecular flexibility index (Phi) is 4.70. The van der Waals surface area contributed by atoms with Gasteiger partial charge in [-0.15, -0.1) is 11.3 Å². The average molecular weight is 329 g/mol. The Hall–Kier alpha value is -1.38. The molecule has 2 heterocycles. The van der Waals surface area contributed by atoms with Crippen LogP contribution < -0.4 is 10.0 Å². The molecule has 0 atom stereocenters. The molecule has 0 aromatic carbocycles. The Morgan fingerprint density at radius 3 is 2.62 bits per heavy atom. The van der Waals surface area contributed by atoms with E-state index in [-0.39, 0.29) is 4.90 Å². The molecule has 0 aliphatic carbocycles. The van der Waals surface area contributed by atoms with Crippen molar-refractivity contribution in [2.75, 3.05) is 11.3 Å². The molecule has 0 bridgehead atoms. The molecule has 0 fully saturated rings. The molecule has 6 nitrogen and oxygen atoms in total. The molecular formula is C13H19N3O3S2. The minimum atomic E-state index is -3.68. The van der Waals surface area contributed by atoms with E-state index >= 15 is 0 Å². The van der Waals surface area contributed by atoms with Crippen LogP contribution in [0.1, 0.15) is 29.0 Å². The first-order valence-electron chi connectivity index (χ1n) is 6.60. The van der Waals surface area contributed by atoms with Crippen LogP contribution in [0.25, 0.3) is 0 Å². The number of nitrogens with one attached hydrogen (secondary N) is 2. The van der Waals surface area contributed by atoms with E-state index in [4.69, 9.17) is 4.42 Å². The molecule has 0 unspecified atom stereocenters. The van der Waals surface area contributed by atoms with Crippen LogP contribution in [0.4, 0.5) is 5.13 Å². The first-order valence-corrected chi connectivity index (χ1v) is 8.90. The lowest BCUT2D eigenvalue weighted by Crippen LogP contribution is -2.13. The van der Waals surface area contributed by atoms with E-state index in [1.165, 1.54) is 11.3 Å². The van der Waals surface area contributed by atoms with Crippen LogP contribution in [0.2, 0.25) is 0 Å². The second-order valence-electron chi connectivity index (χ2n) is 4.68. The van der Waals surface area contributed by atoms with Crippen molar-refractivity contribution in [3.05, 3.63) is 28.2 Å². The van der Waals surface area contributed by atoms with Crippen molar-refractivity contribution in [2.24, 2.45) is 0 Å². The number of aromatic nitrogens is 1. The van der Waals surface area contributed by atoms with Gasteiger partial charge in [0.2, 0.25) is 0 Å². The molecule has 0 radical (unpaired) electrons. The number of hydrogen-bond acceptors (Lipinski definition) is 6. The fourth-order valence-electron chi connectivity index (χ4n) is 1.81. The van der Waals surface area contributed by atoms with Crippen molar-refractivity contribution in [1.82, 2.24) is 10.3 Å². The second-order valence-corrected chi connectivity index (χ2v) is 7.53. The van der Waals surface area contributed by atoms with Gasteiger partial charge in [-0.3, -0.25) is 4.72 Å². The number of rotatable bonds is 6. The Morgan fingerprint density at radius 2 is 2.05 bits per heavy atom. The minimum Gasteiger partial charge on any atom is -0.464 e. The molecule has 21 heavy (non-hydrogen) atoms. The molecule has 0 aliphatic heterocycles. The molecule has 0 saturated carbocycles. The van der Waals surface area contributed by atoms with Crippen molar-refractivity contribution in [3.63, 3.8) is 0 Å². The van der Waals surface area contributed by atoms with Crippen molar-refractivity contribution in [1.29, 1.82) is 0 Å². The minimum absolute atomic E-state index is 0.154. The summed E-state index contributed by atoms with van der Waals surface area (Å²) in [5.74, 6) is 0.974. The lowest BCUT2D eigenvalue weighted by atomic mass is 10.4. The van der Waals surface area contributed by atoms with Crippen molar-refractivity contribution in [2.45, 2.75) is 39.1 Å². The van der Waals surface area contributed by atoms with Crippen molar-refractivity contribution >= 4 is 26.5 Å². The number of anilines is 1. The van der Waals surface area contributed by atoms with Gasteiger partial charge in [-0.05, 0) is 27.3 Å². The summed E-state index contributed by atoms with van der Waals surface area (Å²) in [6.07, 6.45) is 0. The number of nitrogens with zero attached hydrogens (tertiary/aromatic N) is 1. The molecule has 116 valence electrons. The van der Waals surface area contributed by atoms with E-state index in [1.54, 1.807) is 13.0 Å². The molecule has 2 N–H and O–H groups in total. The van der Waals surface area contributed by atoms with Gasteiger partial charge in [-0.1, -0.05) is 6.92 Å². The van der Waals surface area contributed by atoms with Crippen LogP contribution >= 0.6 is 11.3 Å². The zero-order chi connectivity index (χ0) is 15.6. The predicted molar refractivity (Wildman–Crippen MR) is 83.2 cm³/mol. The van der Waals surface area contributed by atoms with Crippen LogP contribution in [0.3, 0.4) is 0 Å². The summed E-state index contributed by atoms with van der Waals surface area (Å²) >= 11 is 1.32. The maximum absolute atomic E-state index is 12.4. The Bertz CT molecular complexity index is 712. The predicted octanol–water partition coefficient (Wildman–Crippen LogP) is 2.57. The molecular weight excluding hydrogens is 310 g/mol. The van der Waals surface area contributed by atoms with Crippen LogP contribution in [-0.4, -0.2) is 19.9 Å². The third kappa shape index (κ3) is 3.63. The van der Waals surface area contributed by atoms with E-state index in [9.17, 15) is 8.42 Å². The molecule has 2 aromatic heterocycles.